The lowest BCUT2D eigenvalue weighted by Gasteiger charge is -2.46. The van der Waals surface area contributed by atoms with Crippen molar-refractivity contribution >= 4 is 5.78 Å². The predicted molar refractivity (Wildman–Crippen MR) is 64.3 cm³/mol. The molecule has 2 heteroatoms. The minimum absolute atomic E-state index is 0.131. The Morgan fingerprint density at radius 2 is 2.19 bits per heavy atom. The van der Waals surface area contributed by atoms with E-state index < -0.39 is 0 Å². The first-order valence-corrected chi connectivity index (χ1v) is 6.42. The molecule has 2 nitrogen and oxygen atoms in total. The Hall–Kier alpha value is -0.630. The lowest BCUT2D eigenvalue weighted by atomic mass is 9.62. The highest BCUT2D eigenvalue weighted by Gasteiger charge is 2.44. The van der Waals surface area contributed by atoms with E-state index in [1.807, 2.05) is 0 Å². The van der Waals surface area contributed by atoms with Crippen LogP contribution in [0.2, 0.25) is 0 Å². The summed E-state index contributed by atoms with van der Waals surface area (Å²) in [5, 5.41) is 0. The van der Waals surface area contributed by atoms with E-state index in [-0.39, 0.29) is 5.41 Å². The third-order valence-electron chi connectivity index (χ3n) is 4.50. The number of fused-ring (bicyclic) bond motifs is 1. The number of ketones is 1. The summed E-state index contributed by atoms with van der Waals surface area (Å²) in [5.74, 6) is 0.381. The molecule has 90 valence electrons. The molecule has 0 N–H and O–H groups in total. The average molecular weight is 222 g/mol. The summed E-state index contributed by atoms with van der Waals surface area (Å²) in [4.78, 5) is 11.9. The van der Waals surface area contributed by atoms with E-state index in [1.54, 1.807) is 7.11 Å². The maximum absolute atomic E-state index is 11.9. The van der Waals surface area contributed by atoms with E-state index in [9.17, 15) is 4.79 Å². The predicted octanol–water partition coefficient (Wildman–Crippen LogP) is 3.26. The Morgan fingerprint density at radius 1 is 1.44 bits per heavy atom. The van der Waals surface area contributed by atoms with Crippen molar-refractivity contribution in [1.82, 2.24) is 0 Å². The monoisotopic (exact) mass is 222 g/mol. The quantitative estimate of drug-likeness (QED) is 0.717. The van der Waals surface area contributed by atoms with Gasteiger partial charge in [0.1, 0.15) is 0 Å². The molecule has 2 rings (SSSR count). The molecule has 0 amide bonds. The highest BCUT2D eigenvalue weighted by molar-refractivity contribution is 5.97. The van der Waals surface area contributed by atoms with Crippen LogP contribution in [0.25, 0.3) is 0 Å². The van der Waals surface area contributed by atoms with Gasteiger partial charge in [-0.25, -0.2) is 0 Å². The molecule has 2 aliphatic carbocycles. The van der Waals surface area contributed by atoms with E-state index in [0.717, 1.165) is 31.3 Å². The molecule has 16 heavy (non-hydrogen) atoms. The third-order valence-corrected chi connectivity index (χ3v) is 4.50. The molecule has 0 heterocycles. The van der Waals surface area contributed by atoms with Gasteiger partial charge in [-0.05, 0) is 37.7 Å². The molecule has 0 spiro atoms. The van der Waals surface area contributed by atoms with E-state index >= 15 is 0 Å². The van der Waals surface area contributed by atoms with Gasteiger partial charge in [0.05, 0.1) is 6.10 Å². The fourth-order valence-corrected chi connectivity index (χ4v) is 3.55. The topological polar surface area (TPSA) is 26.3 Å². The molecule has 0 aromatic carbocycles. The van der Waals surface area contributed by atoms with Crippen molar-refractivity contribution in [3.63, 3.8) is 0 Å². The van der Waals surface area contributed by atoms with Gasteiger partial charge in [-0.3, -0.25) is 4.79 Å². The highest BCUT2D eigenvalue weighted by atomic mass is 16.5. The van der Waals surface area contributed by atoms with Gasteiger partial charge in [0, 0.05) is 18.9 Å². The maximum atomic E-state index is 11.9. The lowest BCUT2D eigenvalue weighted by Crippen LogP contribution is -2.42. The van der Waals surface area contributed by atoms with E-state index in [1.165, 1.54) is 12.0 Å². The Bertz CT molecular complexity index is 330. The summed E-state index contributed by atoms with van der Waals surface area (Å²) < 4.78 is 5.65. The molecular weight excluding hydrogens is 200 g/mol. The van der Waals surface area contributed by atoms with Crippen molar-refractivity contribution in [3.8, 4) is 0 Å². The molecule has 0 radical (unpaired) electrons. The number of methoxy groups -OCH3 is 1. The van der Waals surface area contributed by atoms with Crippen LogP contribution in [0.5, 0.6) is 0 Å². The third kappa shape index (κ3) is 1.64. The SMILES string of the molecule is CCC1=C2CCCC(OC)C2(C)CCC1=O. The molecule has 2 atom stereocenters. The molecule has 0 aromatic heterocycles. The number of hydrogen-bond acceptors (Lipinski definition) is 2. The molecule has 0 aromatic rings. The van der Waals surface area contributed by atoms with Gasteiger partial charge in [0.2, 0.25) is 0 Å². The number of Topliss-reactive ketones (excluding diaryl/α,β-unsaturated/α-hetero) is 1. The van der Waals surface area contributed by atoms with Gasteiger partial charge in [0.15, 0.2) is 5.78 Å². The van der Waals surface area contributed by atoms with E-state index in [4.69, 9.17) is 4.74 Å². The van der Waals surface area contributed by atoms with Crippen LogP contribution in [0.1, 0.15) is 52.4 Å². The first kappa shape index (κ1) is 11.8. The van der Waals surface area contributed by atoms with Crippen molar-refractivity contribution in [2.75, 3.05) is 7.11 Å². The second kappa shape index (κ2) is 4.33. The number of allylic oxidation sites excluding steroid dienone is 1. The van der Waals surface area contributed by atoms with Crippen LogP contribution in [-0.4, -0.2) is 19.0 Å². The zero-order valence-electron chi connectivity index (χ0n) is 10.6. The van der Waals surface area contributed by atoms with Crippen LogP contribution >= 0.6 is 0 Å². The molecule has 0 aliphatic heterocycles. The minimum Gasteiger partial charge on any atom is -0.381 e. The first-order chi connectivity index (χ1) is 7.63. The highest BCUT2D eigenvalue weighted by Crippen LogP contribution is 2.50. The fraction of sp³-hybridized carbons (Fsp3) is 0.786. The summed E-state index contributed by atoms with van der Waals surface area (Å²) in [6, 6.07) is 0. The fourth-order valence-electron chi connectivity index (χ4n) is 3.55. The largest absolute Gasteiger partial charge is 0.381 e. The molecule has 2 aliphatic rings. The van der Waals surface area contributed by atoms with Crippen LogP contribution in [0.3, 0.4) is 0 Å². The second-order valence-electron chi connectivity index (χ2n) is 5.27. The normalized spacial score (nSPS) is 35.2. The summed E-state index contributed by atoms with van der Waals surface area (Å²) in [5.41, 5.74) is 2.64. The van der Waals surface area contributed by atoms with Crippen molar-refractivity contribution in [3.05, 3.63) is 11.1 Å². The van der Waals surface area contributed by atoms with Crippen molar-refractivity contribution < 1.29 is 9.53 Å². The molecular formula is C14H22O2. The average Bonchev–Trinajstić information content (AvgIpc) is 2.29. The van der Waals surface area contributed by atoms with Crippen LogP contribution in [0.4, 0.5) is 0 Å². The summed E-state index contributed by atoms with van der Waals surface area (Å²) in [7, 11) is 1.81. The zero-order valence-corrected chi connectivity index (χ0v) is 10.6. The molecule has 2 unspecified atom stereocenters. The second-order valence-corrected chi connectivity index (χ2v) is 5.27. The Kier molecular flexibility index (Phi) is 3.20. The Labute approximate surface area is 98.1 Å². The van der Waals surface area contributed by atoms with Gasteiger partial charge < -0.3 is 4.74 Å². The standard InChI is InChI=1S/C14H22O2/c1-4-10-11-6-5-7-13(16-3)14(11,2)9-8-12(10)15/h13H,4-9H2,1-3H3. The minimum atomic E-state index is 0.131. The van der Waals surface area contributed by atoms with Crippen molar-refractivity contribution in [2.45, 2.75) is 58.5 Å². The molecule has 1 fully saturated rings. The van der Waals surface area contributed by atoms with Crippen LogP contribution < -0.4 is 0 Å². The van der Waals surface area contributed by atoms with Gasteiger partial charge in [0.25, 0.3) is 0 Å². The number of hydrogen-bond donors (Lipinski definition) is 0. The van der Waals surface area contributed by atoms with Crippen LogP contribution in [-0.2, 0) is 9.53 Å². The van der Waals surface area contributed by atoms with Gasteiger partial charge in [-0.15, -0.1) is 0 Å². The van der Waals surface area contributed by atoms with Crippen molar-refractivity contribution in [1.29, 1.82) is 0 Å². The zero-order chi connectivity index (χ0) is 11.8. The molecule has 0 saturated heterocycles. The van der Waals surface area contributed by atoms with Gasteiger partial charge in [-0.2, -0.15) is 0 Å². The van der Waals surface area contributed by atoms with Gasteiger partial charge >= 0.3 is 0 Å². The Balaban J connectivity index is 2.44. The summed E-state index contributed by atoms with van der Waals surface area (Å²) in [6.45, 7) is 4.39. The van der Waals surface area contributed by atoms with Crippen molar-refractivity contribution in [2.24, 2.45) is 5.41 Å². The lowest BCUT2D eigenvalue weighted by molar-refractivity contribution is -0.118. The first-order valence-electron chi connectivity index (χ1n) is 6.42. The summed E-state index contributed by atoms with van der Waals surface area (Å²) >= 11 is 0. The number of carbonyl (C=O) groups is 1. The maximum Gasteiger partial charge on any atom is 0.158 e. The van der Waals surface area contributed by atoms with Crippen LogP contribution in [0.15, 0.2) is 11.1 Å². The Morgan fingerprint density at radius 3 is 2.81 bits per heavy atom. The van der Waals surface area contributed by atoms with Crippen LogP contribution in [0, 0.1) is 5.41 Å². The summed E-state index contributed by atoms with van der Waals surface area (Å²) in [6.07, 6.45) is 6.30. The molecule has 0 bridgehead atoms. The number of ether oxygens (including phenoxy) is 1. The smallest absolute Gasteiger partial charge is 0.158 e. The number of rotatable bonds is 2. The molecule has 1 saturated carbocycles. The van der Waals surface area contributed by atoms with Gasteiger partial charge in [-0.1, -0.05) is 19.4 Å². The number of carbonyl (C=O) groups excluding carboxylic acids is 1. The van der Waals surface area contributed by atoms with E-state index in [2.05, 4.69) is 13.8 Å². The van der Waals surface area contributed by atoms with E-state index in [0.29, 0.717) is 18.3 Å².